The first-order chi connectivity index (χ1) is 5.83. The second-order valence-corrected chi connectivity index (χ2v) is 3.16. The van der Waals surface area contributed by atoms with Gasteiger partial charge in [-0.1, -0.05) is 29.8 Å². The van der Waals surface area contributed by atoms with Gasteiger partial charge in [-0.15, -0.1) is 0 Å². The fourth-order valence-electron chi connectivity index (χ4n) is 1.50. The maximum Gasteiger partial charge on any atom is 0.109 e. The van der Waals surface area contributed by atoms with Crippen LogP contribution in [0.2, 0.25) is 5.15 Å². The van der Waals surface area contributed by atoms with Gasteiger partial charge < -0.3 is 4.57 Å². The van der Waals surface area contributed by atoms with E-state index in [0.717, 1.165) is 11.7 Å². The van der Waals surface area contributed by atoms with E-state index < -0.39 is 0 Å². The van der Waals surface area contributed by atoms with Gasteiger partial charge in [0.2, 0.25) is 0 Å². The molecule has 0 saturated heterocycles. The molecule has 1 heterocycles. The molecular formula is C10H10ClN. The van der Waals surface area contributed by atoms with Crippen molar-refractivity contribution in [2.75, 3.05) is 0 Å². The Hall–Kier alpha value is -0.950. The van der Waals surface area contributed by atoms with Crippen molar-refractivity contribution < 1.29 is 0 Å². The van der Waals surface area contributed by atoms with E-state index in [4.69, 9.17) is 11.6 Å². The van der Waals surface area contributed by atoms with Crippen LogP contribution in [0.1, 0.15) is 6.92 Å². The van der Waals surface area contributed by atoms with Crippen molar-refractivity contribution in [3.05, 3.63) is 35.5 Å². The van der Waals surface area contributed by atoms with E-state index in [1.54, 1.807) is 0 Å². The van der Waals surface area contributed by atoms with Crippen LogP contribution in [0, 0.1) is 0 Å². The molecule has 0 N–H and O–H groups in total. The van der Waals surface area contributed by atoms with Crippen molar-refractivity contribution in [1.82, 2.24) is 4.57 Å². The minimum Gasteiger partial charge on any atom is -0.332 e. The minimum absolute atomic E-state index is 0.818. The molecule has 1 nitrogen and oxygen atoms in total. The number of fused-ring (bicyclic) bond motifs is 1. The smallest absolute Gasteiger partial charge is 0.109 e. The Morgan fingerprint density at radius 2 is 2.08 bits per heavy atom. The second-order valence-electron chi connectivity index (χ2n) is 2.77. The lowest BCUT2D eigenvalue weighted by molar-refractivity contribution is 0.798. The van der Waals surface area contributed by atoms with Crippen molar-refractivity contribution in [1.29, 1.82) is 0 Å². The lowest BCUT2D eigenvalue weighted by atomic mass is 10.2. The maximum atomic E-state index is 6.03. The zero-order chi connectivity index (χ0) is 8.55. The Morgan fingerprint density at radius 3 is 2.83 bits per heavy atom. The third-order valence-electron chi connectivity index (χ3n) is 2.08. The summed E-state index contributed by atoms with van der Waals surface area (Å²) in [7, 11) is 0. The number of aryl methyl sites for hydroxylation is 1. The highest BCUT2D eigenvalue weighted by atomic mass is 35.5. The Bertz CT molecular complexity index is 403. The van der Waals surface area contributed by atoms with Gasteiger partial charge in [0.1, 0.15) is 5.15 Å². The summed E-state index contributed by atoms with van der Waals surface area (Å²) in [5, 5.41) is 2.03. The summed E-state index contributed by atoms with van der Waals surface area (Å²) < 4.78 is 2.09. The van der Waals surface area contributed by atoms with Crippen LogP contribution in [0.25, 0.3) is 10.9 Å². The van der Waals surface area contributed by atoms with E-state index in [0.29, 0.717) is 0 Å². The summed E-state index contributed by atoms with van der Waals surface area (Å²) in [5.74, 6) is 0. The summed E-state index contributed by atoms with van der Waals surface area (Å²) in [5.41, 5.74) is 1.21. The highest BCUT2D eigenvalue weighted by Crippen LogP contribution is 2.22. The Labute approximate surface area is 76.6 Å². The summed E-state index contributed by atoms with van der Waals surface area (Å²) in [6.45, 7) is 3.02. The molecule has 0 aliphatic carbocycles. The van der Waals surface area contributed by atoms with Crippen LogP contribution < -0.4 is 0 Å². The molecule has 0 aliphatic heterocycles. The molecule has 0 saturated carbocycles. The molecule has 12 heavy (non-hydrogen) atoms. The molecule has 2 aromatic rings. The zero-order valence-electron chi connectivity index (χ0n) is 6.92. The van der Waals surface area contributed by atoms with Gasteiger partial charge in [0.05, 0.1) is 0 Å². The van der Waals surface area contributed by atoms with Gasteiger partial charge in [-0.2, -0.15) is 0 Å². The van der Waals surface area contributed by atoms with E-state index in [1.807, 2.05) is 18.2 Å². The van der Waals surface area contributed by atoms with E-state index >= 15 is 0 Å². The molecule has 0 bridgehead atoms. The number of hydrogen-bond donors (Lipinski definition) is 0. The highest BCUT2D eigenvalue weighted by molar-refractivity contribution is 6.30. The standard InChI is InChI=1S/C10H10ClN/c1-2-12-9-6-4-3-5-8(9)7-10(12)11/h3-7H,2H2,1H3. The van der Waals surface area contributed by atoms with Gasteiger partial charge in [0.15, 0.2) is 0 Å². The second kappa shape index (κ2) is 2.83. The molecule has 0 spiro atoms. The van der Waals surface area contributed by atoms with Crippen molar-refractivity contribution in [2.45, 2.75) is 13.5 Å². The molecule has 2 heteroatoms. The Kier molecular flexibility index (Phi) is 1.81. The van der Waals surface area contributed by atoms with E-state index in [-0.39, 0.29) is 0 Å². The van der Waals surface area contributed by atoms with Gasteiger partial charge in [-0.3, -0.25) is 0 Å². The zero-order valence-corrected chi connectivity index (χ0v) is 7.67. The van der Waals surface area contributed by atoms with Crippen molar-refractivity contribution >= 4 is 22.5 Å². The maximum absolute atomic E-state index is 6.03. The molecule has 0 fully saturated rings. The number of aromatic nitrogens is 1. The van der Waals surface area contributed by atoms with Crippen LogP contribution in [0.4, 0.5) is 0 Å². The average molecular weight is 180 g/mol. The van der Waals surface area contributed by atoms with E-state index in [1.165, 1.54) is 10.9 Å². The lowest BCUT2D eigenvalue weighted by Crippen LogP contribution is -1.91. The first-order valence-corrected chi connectivity index (χ1v) is 4.44. The number of hydrogen-bond acceptors (Lipinski definition) is 0. The van der Waals surface area contributed by atoms with Crippen LogP contribution in [-0.4, -0.2) is 4.57 Å². The summed E-state index contributed by atoms with van der Waals surface area (Å²) in [6.07, 6.45) is 0. The first-order valence-electron chi connectivity index (χ1n) is 4.06. The predicted octanol–water partition coefficient (Wildman–Crippen LogP) is 3.31. The first kappa shape index (κ1) is 7.69. The Morgan fingerprint density at radius 1 is 1.33 bits per heavy atom. The van der Waals surface area contributed by atoms with Crippen molar-refractivity contribution in [2.24, 2.45) is 0 Å². The molecule has 1 aromatic heterocycles. The normalized spacial score (nSPS) is 10.8. The average Bonchev–Trinajstić information content (AvgIpc) is 2.40. The molecule has 0 unspecified atom stereocenters. The fourth-order valence-corrected chi connectivity index (χ4v) is 1.83. The highest BCUT2D eigenvalue weighted by Gasteiger charge is 2.02. The van der Waals surface area contributed by atoms with Gasteiger partial charge in [-0.05, 0) is 19.1 Å². The van der Waals surface area contributed by atoms with Crippen LogP contribution >= 0.6 is 11.6 Å². The molecule has 62 valence electrons. The van der Waals surface area contributed by atoms with Gasteiger partial charge >= 0.3 is 0 Å². The van der Waals surface area contributed by atoms with Gasteiger partial charge in [-0.25, -0.2) is 0 Å². The third kappa shape index (κ3) is 1.01. The minimum atomic E-state index is 0.818. The quantitative estimate of drug-likeness (QED) is 0.633. The molecular weight excluding hydrogens is 170 g/mol. The van der Waals surface area contributed by atoms with Crippen LogP contribution in [0.5, 0.6) is 0 Å². The summed E-state index contributed by atoms with van der Waals surface area (Å²) >= 11 is 6.03. The number of nitrogens with zero attached hydrogens (tertiary/aromatic N) is 1. The van der Waals surface area contributed by atoms with Crippen molar-refractivity contribution in [3.8, 4) is 0 Å². The predicted molar refractivity (Wildman–Crippen MR) is 52.6 cm³/mol. The lowest BCUT2D eigenvalue weighted by Gasteiger charge is -2.00. The molecule has 0 amide bonds. The number of para-hydroxylation sites is 1. The van der Waals surface area contributed by atoms with Crippen molar-refractivity contribution in [3.63, 3.8) is 0 Å². The largest absolute Gasteiger partial charge is 0.332 e. The molecule has 0 aliphatic rings. The molecule has 2 rings (SSSR count). The molecule has 1 aromatic carbocycles. The van der Waals surface area contributed by atoms with Crippen LogP contribution in [0.15, 0.2) is 30.3 Å². The fraction of sp³-hybridized carbons (Fsp3) is 0.200. The Balaban J connectivity index is 2.81. The molecule has 0 radical (unpaired) electrons. The van der Waals surface area contributed by atoms with Crippen LogP contribution in [-0.2, 0) is 6.54 Å². The topological polar surface area (TPSA) is 4.93 Å². The van der Waals surface area contributed by atoms with E-state index in [2.05, 4.69) is 23.6 Å². The summed E-state index contributed by atoms with van der Waals surface area (Å²) in [6, 6.07) is 10.2. The number of rotatable bonds is 1. The number of halogens is 1. The third-order valence-corrected chi connectivity index (χ3v) is 2.39. The van der Waals surface area contributed by atoms with Gasteiger partial charge in [0, 0.05) is 17.4 Å². The van der Waals surface area contributed by atoms with Crippen LogP contribution in [0.3, 0.4) is 0 Å². The summed E-state index contributed by atoms with van der Waals surface area (Å²) in [4.78, 5) is 0. The SMILES string of the molecule is CCn1c(Cl)cc2ccccc21. The van der Waals surface area contributed by atoms with Gasteiger partial charge in [0.25, 0.3) is 0 Å². The number of benzene rings is 1. The van der Waals surface area contributed by atoms with E-state index in [9.17, 15) is 0 Å². The molecule has 0 atom stereocenters. The monoisotopic (exact) mass is 179 g/mol.